The number of nitrogens with one attached hydrogen (secondary N) is 1. The van der Waals surface area contributed by atoms with Crippen molar-refractivity contribution in [3.63, 3.8) is 0 Å². The molecule has 96 valence electrons. The topological polar surface area (TPSA) is 105 Å². The van der Waals surface area contributed by atoms with Crippen molar-refractivity contribution in [1.82, 2.24) is 0 Å². The lowest BCUT2D eigenvalue weighted by molar-refractivity contribution is -0.144. The van der Waals surface area contributed by atoms with Crippen molar-refractivity contribution in [3.05, 3.63) is 18.2 Å². The SMILES string of the molecule is O=C(O)CC(Nc1ccc2c(c1)OCO2)C(=O)O. The van der Waals surface area contributed by atoms with Crippen molar-refractivity contribution in [3.8, 4) is 11.5 Å². The van der Waals surface area contributed by atoms with Crippen LogP contribution in [0.25, 0.3) is 0 Å². The van der Waals surface area contributed by atoms with Crippen LogP contribution >= 0.6 is 0 Å². The van der Waals surface area contributed by atoms with E-state index in [4.69, 9.17) is 19.7 Å². The van der Waals surface area contributed by atoms with Crippen molar-refractivity contribution in [1.29, 1.82) is 0 Å². The van der Waals surface area contributed by atoms with E-state index in [2.05, 4.69) is 5.32 Å². The largest absolute Gasteiger partial charge is 0.481 e. The van der Waals surface area contributed by atoms with Gasteiger partial charge < -0.3 is 25.0 Å². The molecule has 7 heteroatoms. The van der Waals surface area contributed by atoms with E-state index >= 15 is 0 Å². The molecule has 0 aliphatic carbocycles. The summed E-state index contributed by atoms with van der Waals surface area (Å²) in [6.45, 7) is 0.121. The second-order valence-corrected chi connectivity index (χ2v) is 3.70. The first-order chi connectivity index (χ1) is 8.56. The molecular formula is C11H11NO6. The van der Waals surface area contributed by atoms with Crippen LogP contribution in [0.2, 0.25) is 0 Å². The number of carboxylic acid groups (broad SMARTS) is 2. The predicted molar refractivity (Wildman–Crippen MR) is 59.9 cm³/mol. The van der Waals surface area contributed by atoms with Gasteiger partial charge >= 0.3 is 11.9 Å². The average molecular weight is 253 g/mol. The summed E-state index contributed by atoms with van der Waals surface area (Å²) in [4.78, 5) is 21.4. The van der Waals surface area contributed by atoms with Crippen LogP contribution in [0.5, 0.6) is 11.5 Å². The van der Waals surface area contributed by atoms with Crippen LogP contribution < -0.4 is 14.8 Å². The van der Waals surface area contributed by atoms with Crippen LogP contribution in [-0.4, -0.2) is 35.0 Å². The van der Waals surface area contributed by atoms with Crippen LogP contribution in [0.3, 0.4) is 0 Å². The van der Waals surface area contributed by atoms with Gasteiger partial charge in [0.1, 0.15) is 6.04 Å². The zero-order chi connectivity index (χ0) is 13.1. The lowest BCUT2D eigenvalue weighted by atomic mass is 10.2. The van der Waals surface area contributed by atoms with E-state index in [0.29, 0.717) is 17.2 Å². The number of hydrogen-bond donors (Lipinski definition) is 3. The molecule has 0 amide bonds. The van der Waals surface area contributed by atoms with E-state index in [1.54, 1.807) is 18.2 Å². The van der Waals surface area contributed by atoms with Gasteiger partial charge in [0.25, 0.3) is 0 Å². The fourth-order valence-corrected chi connectivity index (χ4v) is 1.56. The number of rotatable bonds is 5. The minimum atomic E-state index is -1.23. The Morgan fingerprint density at radius 3 is 2.67 bits per heavy atom. The molecule has 0 saturated carbocycles. The highest BCUT2D eigenvalue weighted by Crippen LogP contribution is 2.34. The highest BCUT2D eigenvalue weighted by atomic mass is 16.7. The van der Waals surface area contributed by atoms with Gasteiger partial charge in [0, 0.05) is 11.8 Å². The van der Waals surface area contributed by atoms with Crippen LogP contribution in [-0.2, 0) is 9.59 Å². The first-order valence-corrected chi connectivity index (χ1v) is 5.17. The Hall–Kier alpha value is -2.44. The van der Waals surface area contributed by atoms with E-state index in [1.807, 2.05) is 0 Å². The van der Waals surface area contributed by atoms with Crippen molar-refractivity contribution >= 4 is 17.6 Å². The first-order valence-electron chi connectivity index (χ1n) is 5.17. The number of benzene rings is 1. The van der Waals surface area contributed by atoms with E-state index < -0.39 is 24.4 Å². The Balaban J connectivity index is 2.11. The third-order valence-corrected chi connectivity index (χ3v) is 2.39. The molecule has 1 atom stereocenters. The second-order valence-electron chi connectivity index (χ2n) is 3.70. The molecule has 0 spiro atoms. The minimum Gasteiger partial charge on any atom is -0.481 e. The van der Waals surface area contributed by atoms with Gasteiger partial charge in [0.15, 0.2) is 11.5 Å². The first kappa shape index (κ1) is 12.0. The Labute approximate surface area is 102 Å². The number of ether oxygens (including phenoxy) is 2. The molecule has 18 heavy (non-hydrogen) atoms. The maximum atomic E-state index is 10.9. The van der Waals surface area contributed by atoms with Gasteiger partial charge in [-0.1, -0.05) is 0 Å². The summed E-state index contributed by atoms with van der Waals surface area (Å²) < 4.78 is 10.2. The highest BCUT2D eigenvalue weighted by molar-refractivity contribution is 5.83. The molecule has 1 aliphatic rings. The molecule has 0 fully saturated rings. The zero-order valence-electron chi connectivity index (χ0n) is 9.25. The Morgan fingerprint density at radius 1 is 1.28 bits per heavy atom. The molecule has 3 N–H and O–H groups in total. The van der Waals surface area contributed by atoms with Gasteiger partial charge in [0.2, 0.25) is 6.79 Å². The second kappa shape index (κ2) is 4.82. The van der Waals surface area contributed by atoms with Crippen LogP contribution in [0.1, 0.15) is 6.42 Å². The molecule has 0 bridgehead atoms. The van der Waals surface area contributed by atoms with E-state index in [1.165, 1.54) is 0 Å². The van der Waals surface area contributed by atoms with Gasteiger partial charge in [-0.15, -0.1) is 0 Å². The molecule has 1 aromatic rings. The number of anilines is 1. The Bertz CT molecular complexity index is 486. The quantitative estimate of drug-likeness (QED) is 0.711. The van der Waals surface area contributed by atoms with E-state index in [9.17, 15) is 9.59 Å². The molecule has 1 aromatic carbocycles. The van der Waals surface area contributed by atoms with E-state index in [0.717, 1.165) is 0 Å². The summed E-state index contributed by atoms with van der Waals surface area (Å²) in [5.41, 5.74) is 0.466. The summed E-state index contributed by atoms with van der Waals surface area (Å²) in [5, 5.41) is 20.1. The summed E-state index contributed by atoms with van der Waals surface area (Å²) in [5.74, 6) is -1.34. The lowest BCUT2D eigenvalue weighted by Gasteiger charge is -2.13. The number of aliphatic carboxylic acids is 2. The number of carboxylic acids is 2. The molecule has 0 radical (unpaired) electrons. The molecule has 1 heterocycles. The standard InChI is InChI=1S/C11H11NO6/c13-10(14)4-7(11(15)16)12-6-1-2-8-9(3-6)18-5-17-8/h1-3,7,12H,4-5H2,(H,13,14)(H,15,16). The maximum absolute atomic E-state index is 10.9. The fraction of sp³-hybridized carbons (Fsp3) is 0.273. The molecule has 7 nitrogen and oxygen atoms in total. The van der Waals surface area contributed by atoms with E-state index in [-0.39, 0.29) is 6.79 Å². The smallest absolute Gasteiger partial charge is 0.326 e. The average Bonchev–Trinajstić information content (AvgIpc) is 2.74. The van der Waals surface area contributed by atoms with Crippen molar-refractivity contribution < 1.29 is 29.3 Å². The van der Waals surface area contributed by atoms with Gasteiger partial charge in [-0.3, -0.25) is 4.79 Å². The van der Waals surface area contributed by atoms with Crippen LogP contribution in [0, 0.1) is 0 Å². The van der Waals surface area contributed by atoms with Gasteiger partial charge in [-0.05, 0) is 12.1 Å². The molecule has 1 aliphatic heterocycles. The Kier molecular flexibility index (Phi) is 3.22. The normalized spacial score (nSPS) is 14.0. The molecular weight excluding hydrogens is 242 g/mol. The Morgan fingerprint density at radius 2 is 2.00 bits per heavy atom. The number of fused-ring (bicyclic) bond motifs is 1. The lowest BCUT2D eigenvalue weighted by Crippen LogP contribution is -2.31. The molecule has 1 unspecified atom stereocenters. The van der Waals surface area contributed by atoms with Crippen molar-refractivity contribution in [2.45, 2.75) is 12.5 Å². The van der Waals surface area contributed by atoms with Crippen LogP contribution in [0.4, 0.5) is 5.69 Å². The van der Waals surface area contributed by atoms with Gasteiger partial charge in [-0.2, -0.15) is 0 Å². The molecule has 2 rings (SSSR count). The summed E-state index contributed by atoms with van der Waals surface area (Å²) in [6.07, 6.45) is -0.510. The summed E-state index contributed by atoms with van der Waals surface area (Å²) in [6, 6.07) is 3.61. The van der Waals surface area contributed by atoms with Gasteiger partial charge in [-0.25, -0.2) is 4.79 Å². The number of hydrogen-bond acceptors (Lipinski definition) is 5. The fourth-order valence-electron chi connectivity index (χ4n) is 1.56. The summed E-state index contributed by atoms with van der Waals surface area (Å²) in [7, 11) is 0. The molecule has 0 aromatic heterocycles. The zero-order valence-corrected chi connectivity index (χ0v) is 9.25. The van der Waals surface area contributed by atoms with Crippen molar-refractivity contribution in [2.75, 3.05) is 12.1 Å². The maximum Gasteiger partial charge on any atom is 0.326 e. The molecule has 0 saturated heterocycles. The third-order valence-electron chi connectivity index (χ3n) is 2.39. The minimum absolute atomic E-state index is 0.121. The van der Waals surface area contributed by atoms with Crippen molar-refractivity contribution in [2.24, 2.45) is 0 Å². The highest BCUT2D eigenvalue weighted by Gasteiger charge is 2.22. The summed E-state index contributed by atoms with van der Waals surface area (Å²) >= 11 is 0. The van der Waals surface area contributed by atoms with Crippen LogP contribution in [0.15, 0.2) is 18.2 Å². The predicted octanol–water partition coefficient (Wildman–Crippen LogP) is 0.755. The van der Waals surface area contributed by atoms with Gasteiger partial charge in [0.05, 0.1) is 6.42 Å². The third kappa shape index (κ3) is 2.62. The number of carbonyl (C=O) groups is 2. The monoisotopic (exact) mass is 253 g/mol.